The molecule has 1 amide bonds. The molecular formula is C17H19FN4O2. The maximum Gasteiger partial charge on any atom is 0.276 e. The van der Waals surface area contributed by atoms with E-state index in [-0.39, 0.29) is 17.8 Å². The standard InChI is InChI=1S/C17H19FN4O2/c18-13-3-5-14(6-4-13)22-19-10-15(20-22)17(23)21-8-7-16-12(11-21)2-1-9-24-16/h3-6,10,12,16H,1-2,7-9,11H2/t12-,16+/m1/s1. The first kappa shape index (κ1) is 15.3. The number of carbonyl (C=O) groups excluding carboxylic acids is 1. The van der Waals surface area contributed by atoms with Gasteiger partial charge in [-0.1, -0.05) is 0 Å². The SMILES string of the molecule is O=C(c1cnn(-c2ccc(F)cc2)n1)N1CC[C@@H]2OCCC[C@@H]2C1. The summed E-state index contributed by atoms with van der Waals surface area (Å²) in [7, 11) is 0. The van der Waals surface area contributed by atoms with Gasteiger partial charge < -0.3 is 9.64 Å². The Kier molecular flexibility index (Phi) is 4.02. The molecule has 0 aliphatic carbocycles. The first-order valence-electron chi connectivity index (χ1n) is 8.30. The Morgan fingerprint density at radius 3 is 2.92 bits per heavy atom. The van der Waals surface area contributed by atoms with Gasteiger partial charge in [-0.05, 0) is 43.5 Å². The Bertz CT molecular complexity index is 730. The van der Waals surface area contributed by atoms with Crippen LogP contribution < -0.4 is 0 Å². The third kappa shape index (κ3) is 2.91. The number of fused-ring (bicyclic) bond motifs is 1. The van der Waals surface area contributed by atoms with Crippen molar-refractivity contribution in [3.05, 3.63) is 42.0 Å². The van der Waals surface area contributed by atoms with E-state index in [1.165, 1.54) is 23.1 Å². The van der Waals surface area contributed by atoms with Crippen LogP contribution in [0.2, 0.25) is 0 Å². The number of hydrogen-bond donors (Lipinski definition) is 0. The first-order valence-corrected chi connectivity index (χ1v) is 8.30. The molecule has 6 nitrogen and oxygen atoms in total. The van der Waals surface area contributed by atoms with Crippen LogP contribution >= 0.6 is 0 Å². The van der Waals surface area contributed by atoms with Crippen LogP contribution in [-0.4, -0.2) is 51.6 Å². The van der Waals surface area contributed by atoms with Gasteiger partial charge in [-0.25, -0.2) is 4.39 Å². The molecule has 24 heavy (non-hydrogen) atoms. The molecule has 2 aliphatic heterocycles. The fraction of sp³-hybridized carbons (Fsp3) is 0.471. The van der Waals surface area contributed by atoms with Crippen molar-refractivity contribution >= 4 is 5.91 Å². The monoisotopic (exact) mass is 330 g/mol. The molecule has 0 spiro atoms. The Balaban J connectivity index is 1.48. The van der Waals surface area contributed by atoms with Crippen LogP contribution in [0.3, 0.4) is 0 Å². The van der Waals surface area contributed by atoms with Gasteiger partial charge in [0.25, 0.3) is 5.91 Å². The molecule has 2 atom stereocenters. The molecule has 0 N–H and O–H groups in total. The van der Waals surface area contributed by atoms with Crippen LogP contribution in [0, 0.1) is 11.7 Å². The molecule has 2 fully saturated rings. The van der Waals surface area contributed by atoms with Crippen LogP contribution in [0.4, 0.5) is 4.39 Å². The highest BCUT2D eigenvalue weighted by molar-refractivity contribution is 5.92. The molecule has 1 aromatic carbocycles. The number of likely N-dealkylation sites (tertiary alicyclic amines) is 1. The van der Waals surface area contributed by atoms with Crippen molar-refractivity contribution in [2.45, 2.75) is 25.4 Å². The van der Waals surface area contributed by atoms with Crippen LogP contribution in [0.5, 0.6) is 0 Å². The second-order valence-corrected chi connectivity index (χ2v) is 6.35. The van der Waals surface area contributed by atoms with Crippen molar-refractivity contribution in [3.8, 4) is 5.69 Å². The number of piperidine rings is 1. The van der Waals surface area contributed by atoms with Crippen LogP contribution in [-0.2, 0) is 4.74 Å². The fourth-order valence-electron chi connectivity index (χ4n) is 3.49. The fourth-order valence-corrected chi connectivity index (χ4v) is 3.49. The van der Waals surface area contributed by atoms with E-state index in [1.54, 1.807) is 12.1 Å². The van der Waals surface area contributed by atoms with Crippen molar-refractivity contribution in [2.24, 2.45) is 5.92 Å². The highest BCUT2D eigenvalue weighted by atomic mass is 19.1. The summed E-state index contributed by atoms with van der Waals surface area (Å²) in [6.45, 7) is 2.23. The second kappa shape index (κ2) is 6.32. The largest absolute Gasteiger partial charge is 0.378 e. The summed E-state index contributed by atoms with van der Waals surface area (Å²) in [6.07, 6.45) is 4.80. The Morgan fingerprint density at radius 2 is 2.08 bits per heavy atom. The van der Waals surface area contributed by atoms with Crippen molar-refractivity contribution < 1.29 is 13.9 Å². The summed E-state index contributed by atoms with van der Waals surface area (Å²) in [5.74, 6) is -0.00393. The number of rotatable bonds is 2. The summed E-state index contributed by atoms with van der Waals surface area (Å²) >= 11 is 0. The average Bonchev–Trinajstić information content (AvgIpc) is 3.11. The molecule has 1 aromatic heterocycles. The van der Waals surface area contributed by atoms with E-state index in [2.05, 4.69) is 10.2 Å². The van der Waals surface area contributed by atoms with Gasteiger partial charge in [0.1, 0.15) is 5.82 Å². The lowest BCUT2D eigenvalue weighted by Gasteiger charge is -2.40. The summed E-state index contributed by atoms with van der Waals surface area (Å²) < 4.78 is 18.8. The normalized spacial score (nSPS) is 23.8. The van der Waals surface area contributed by atoms with Gasteiger partial charge in [0, 0.05) is 25.6 Å². The maximum atomic E-state index is 13.0. The molecule has 2 aliphatic rings. The zero-order valence-electron chi connectivity index (χ0n) is 13.3. The van der Waals surface area contributed by atoms with Gasteiger partial charge >= 0.3 is 0 Å². The summed E-state index contributed by atoms with van der Waals surface area (Å²) in [6, 6.07) is 5.84. The highest BCUT2D eigenvalue weighted by Gasteiger charge is 2.34. The lowest BCUT2D eigenvalue weighted by atomic mass is 9.88. The van der Waals surface area contributed by atoms with Gasteiger partial charge in [-0.2, -0.15) is 9.90 Å². The number of aromatic nitrogens is 3. The molecular weight excluding hydrogens is 311 g/mol. The molecule has 4 rings (SSSR count). The summed E-state index contributed by atoms with van der Waals surface area (Å²) in [4.78, 5) is 15.9. The van der Waals surface area contributed by atoms with E-state index in [0.717, 1.165) is 25.9 Å². The van der Waals surface area contributed by atoms with Crippen molar-refractivity contribution in [1.29, 1.82) is 0 Å². The van der Waals surface area contributed by atoms with Gasteiger partial charge in [0.15, 0.2) is 5.69 Å². The number of nitrogens with zero attached hydrogens (tertiary/aromatic N) is 4. The second-order valence-electron chi connectivity index (χ2n) is 6.35. The number of carbonyl (C=O) groups is 1. The summed E-state index contributed by atoms with van der Waals surface area (Å²) in [5.41, 5.74) is 0.935. The van der Waals surface area contributed by atoms with Crippen molar-refractivity contribution in [1.82, 2.24) is 19.9 Å². The minimum atomic E-state index is -0.320. The van der Waals surface area contributed by atoms with Crippen LogP contribution in [0.25, 0.3) is 5.69 Å². The lowest BCUT2D eigenvalue weighted by molar-refractivity contribution is -0.0607. The molecule has 0 unspecified atom stereocenters. The summed E-state index contributed by atoms with van der Waals surface area (Å²) in [5, 5.41) is 8.37. The van der Waals surface area contributed by atoms with Crippen molar-refractivity contribution in [2.75, 3.05) is 19.7 Å². The molecule has 126 valence electrons. The number of hydrogen-bond acceptors (Lipinski definition) is 4. The number of ether oxygens (including phenoxy) is 1. The molecule has 2 aromatic rings. The number of halogens is 1. The van der Waals surface area contributed by atoms with E-state index < -0.39 is 0 Å². The molecule has 0 saturated carbocycles. The quantitative estimate of drug-likeness (QED) is 0.845. The Labute approximate surface area is 139 Å². The number of benzene rings is 1. The zero-order valence-corrected chi connectivity index (χ0v) is 13.3. The molecule has 7 heteroatoms. The van der Waals surface area contributed by atoms with Gasteiger partial charge in [-0.3, -0.25) is 4.79 Å². The molecule has 0 radical (unpaired) electrons. The van der Waals surface area contributed by atoms with Gasteiger partial charge in [0.2, 0.25) is 0 Å². The van der Waals surface area contributed by atoms with E-state index in [0.29, 0.717) is 30.4 Å². The Hall–Kier alpha value is -2.28. The Morgan fingerprint density at radius 1 is 1.25 bits per heavy atom. The zero-order chi connectivity index (χ0) is 16.5. The van der Waals surface area contributed by atoms with E-state index >= 15 is 0 Å². The minimum Gasteiger partial charge on any atom is -0.378 e. The number of amides is 1. The van der Waals surface area contributed by atoms with E-state index in [9.17, 15) is 9.18 Å². The smallest absolute Gasteiger partial charge is 0.276 e. The third-order valence-corrected chi connectivity index (χ3v) is 4.77. The topological polar surface area (TPSA) is 60.2 Å². The first-order chi connectivity index (χ1) is 11.7. The predicted octanol–water partition coefficient (Wildman–Crippen LogP) is 2.05. The van der Waals surface area contributed by atoms with E-state index in [4.69, 9.17) is 4.74 Å². The predicted molar refractivity (Wildman–Crippen MR) is 84.3 cm³/mol. The van der Waals surface area contributed by atoms with Crippen molar-refractivity contribution in [3.63, 3.8) is 0 Å². The molecule has 3 heterocycles. The molecule has 0 bridgehead atoms. The molecule has 2 saturated heterocycles. The lowest BCUT2D eigenvalue weighted by Crippen LogP contribution is -2.48. The highest BCUT2D eigenvalue weighted by Crippen LogP contribution is 2.28. The van der Waals surface area contributed by atoms with E-state index in [1.807, 2.05) is 4.90 Å². The minimum absolute atomic E-state index is 0.104. The van der Waals surface area contributed by atoms with Crippen LogP contribution in [0.15, 0.2) is 30.5 Å². The van der Waals surface area contributed by atoms with Gasteiger partial charge in [-0.15, -0.1) is 5.10 Å². The average molecular weight is 330 g/mol. The third-order valence-electron chi connectivity index (χ3n) is 4.77. The maximum absolute atomic E-state index is 13.0. The van der Waals surface area contributed by atoms with Crippen LogP contribution in [0.1, 0.15) is 29.8 Å². The van der Waals surface area contributed by atoms with Gasteiger partial charge in [0.05, 0.1) is 18.0 Å².